The molecule has 7 heteroatoms. The number of anilines is 1. The Morgan fingerprint density at radius 1 is 1.30 bits per heavy atom. The Hall–Kier alpha value is -2.44. The lowest BCUT2D eigenvalue weighted by Gasteiger charge is -2.25. The van der Waals surface area contributed by atoms with Crippen LogP contribution in [0.25, 0.3) is 0 Å². The number of hydrogen-bond donors (Lipinski definition) is 3. The molecule has 1 heterocycles. The third-order valence-corrected chi connectivity index (χ3v) is 2.86. The molecule has 5 N–H and O–H groups in total. The third kappa shape index (κ3) is 2.93. The largest absolute Gasteiger partial charge is 0.454 e. The van der Waals surface area contributed by atoms with Gasteiger partial charge in [0.25, 0.3) is 5.91 Å². The molecule has 0 fully saturated rings. The lowest BCUT2D eigenvalue weighted by Crippen LogP contribution is -2.46. The molecular formula is C13H17N3O4. The average molecular weight is 279 g/mol. The topological polar surface area (TPSA) is 117 Å². The molecule has 1 aromatic rings. The van der Waals surface area contributed by atoms with E-state index in [-0.39, 0.29) is 24.5 Å². The molecule has 0 spiro atoms. The Morgan fingerprint density at radius 3 is 2.50 bits per heavy atom. The van der Waals surface area contributed by atoms with Crippen LogP contribution >= 0.6 is 0 Å². The van der Waals surface area contributed by atoms with Gasteiger partial charge in [-0.05, 0) is 19.9 Å². The SMILES string of the molecule is CC(C)(CC(N)=O)NC(=O)c1cc2c(cc1N)OCO2. The molecule has 2 amide bonds. The fraction of sp³-hybridized carbons (Fsp3) is 0.385. The molecule has 1 aliphatic heterocycles. The zero-order valence-corrected chi connectivity index (χ0v) is 11.4. The second-order valence-electron chi connectivity index (χ2n) is 5.27. The Kier molecular flexibility index (Phi) is 3.44. The van der Waals surface area contributed by atoms with Gasteiger partial charge in [-0.15, -0.1) is 0 Å². The number of primary amides is 1. The van der Waals surface area contributed by atoms with E-state index >= 15 is 0 Å². The van der Waals surface area contributed by atoms with Gasteiger partial charge in [0.2, 0.25) is 12.7 Å². The van der Waals surface area contributed by atoms with Gasteiger partial charge in [-0.25, -0.2) is 0 Å². The number of hydrogen-bond acceptors (Lipinski definition) is 5. The number of rotatable bonds is 4. The summed E-state index contributed by atoms with van der Waals surface area (Å²) in [5.41, 5.74) is 10.8. The lowest BCUT2D eigenvalue weighted by molar-refractivity contribution is -0.119. The summed E-state index contributed by atoms with van der Waals surface area (Å²) in [6.07, 6.45) is 0.0309. The highest BCUT2D eigenvalue weighted by Crippen LogP contribution is 2.36. The maximum absolute atomic E-state index is 12.2. The van der Waals surface area contributed by atoms with Crippen molar-refractivity contribution in [3.05, 3.63) is 17.7 Å². The number of benzene rings is 1. The van der Waals surface area contributed by atoms with Crippen LogP contribution in [-0.4, -0.2) is 24.1 Å². The van der Waals surface area contributed by atoms with Crippen molar-refractivity contribution in [2.24, 2.45) is 5.73 Å². The van der Waals surface area contributed by atoms with Crippen LogP contribution in [0.5, 0.6) is 11.5 Å². The molecule has 108 valence electrons. The average Bonchev–Trinajstić information content (AvgIpc) is 2.71. The molecule has 0 aliphatic carbocycles. The molecule has 0 radical (unpaired) electrons. The Balaban J connectivity index is 2.19. The summed E-state index contributed by atoms with van der Waals surface area (Å²) in [4.78, 5) is 23.2. The molecule has 0 unspecified atom stereocenters. The van der Waals surface area contributed by atoms with Gasteiger partial charge in [0, 0.05) is 23.7 Å². The molecule has 7 nitrogen and oxygen atoms in total. The zero-order chi connectivity index (χ0) is 14.9. The lowest BCUT2D eigenvalue weighted by atomic mass is 9.99. The van der Waals surface area contributed by atoms with Gasteiger partial charge >= 0.3 is 0 Å². The zero-order valence-electron chi connectivity index (χ0n) is 11.4. The van der Waals surface area contributed by atoms with Gasteiger partial charge in [0.15, 0.2) is 11.5 Å². The summed E-state index contributed by atoms with van der Waals surface area (Å²) < 4.78 is 10.4. The molecular weight excluding hydrogens is 262 g/mol. The molecule has 20 heavy (non-hydrogen) atoms. The normalized spacial score (nSPS) is 13.1. The highest BCUT2D eigenvalue weighted by Gasteiger charge is 2.26. The van der Waals surface area contributed by atoms with Crippen molar-refractivity contribution in [3.63, 3.8) is 0 Å². The van der Waals surface area contributed by atoms with Crippen molar-refractivity contribution < 1.29 is 19.1 Å². The number of nitrogens with one attached hydrogen (secondary N) is 1. The van der Waals surface area contributed by atoms with Gasteiger partial charge in [-0.2, -0.15) is 0 Å². The van der Waals surface area contributed by atoms with Crippen molar-refractivity contribution in [3.8, 4) is 11.5 Å². The van der Waals surface area contributed by atoms with Crippen LogP contribution in [0, 0.1) is 0 Å². The van der Waals surface area contributed by atoms with E-state index in [1.54, 1.807) is 19.9 Å². The monoisotopic (exact) mass is 279 g/mol. The number of carbonyl (C=O) groups excluding carboxylic acids is 2. The predicted molar refractivity (Wildman–Crippen MR) is 72.3 cm³/mol. The number of nitrogen functional groups attached to an aromatic ring is 1. The minimum absolute atomic E-state index is 0.0309. The van der Waals surface area contributed by atoms with E-state index in [0.717, 1.165) is 0 Å². The van der Waals surface area contributed by atoms with Gasteiger partial charge in [0.1, 0.15) is 0 Å². The highest BCUT2D eigenvalue weighted by molar-refractivity contribution is 6.00. The predicted octanol–water partition coefficient (Wildman–Crippen LogP) is 0.381. The van der Waals surface area contributed by atoms with Crippen LogP contribution in [-0.2, 0) is 4.79 Å². The maximum Gasteiger partial charge on any atom is 0.253 e. The second kappa shape index (κ2) is 4.92. The maximum atomic E-state index is 12.2. The summed E-state index contributed by atoms with van der Waals surface area (Å²) in [6, 6.07) is 3.06. The van der Waals surface area contributed by atoms with Crippen LogP contribution in [0.1, 0.15) is 30.6 Å². The van der Waals surface area contributed by atoms with E-state index < -0.39 is 17.4 Å². The van der Waals surface area contributed by atoms with E-state index in [1.165, 1.54) is 6.07 Å². The molecule has 0 saturated carbocycles. The van der Waals surface area contributed by atoms with E-state index in [1.807, 2.05) is 0 Å². The molecule has 1 aromatic carbocycles. The number of fused-ring (bicyclic) bond motifs is 1. The van der Waals surface area contributed by atoms with E-state index in [0.29, 0.717) is 11.5 Å². The van der Waals surface area contributed by atoms with E-state index in [9.17, 15) is 9.59 Å². The Labute approximate surface area is 116 Å². The third-order valence-electron chi connectivity index (χ3n) is 2.86. The molecule has 2 rings (SSSR count). The number of nitrogens with two attached hydrogens (primary N) is 2. The quantitative estimate of drug-likeness (QED) is 0.689. The van der Waals surface area contributed by atoms with E-state index in [2.05, 4.69) is 5.32 Å². The summed E-state index contributed by atoms with van der Waals surface area (Å²) in [7, 11) is 0. The number of amides is 2. The molecule has 0 bridgehead atoms. The van der Waals surface area contributed by atoms with Gasteiger partial charge in [0.05, 0.1) is 5.56 Å². The van der Waals surface area contributed by atoms with Crippen LogP contribution in [0.4, 0.5) is 5.69 Å². The summed E-state index contributed by atoms with van der Waals surface area (Å²) in [5.74, 6) is 0.0912. The van der Waals surface area contributed by atoms with Gasteiger partial charge < -0.3 is 26.3 Å². The van der Waals surface area contributed by atoms with E-state index in [4.69, 9.17) is 20.9 Å². The van der Waals surface area contributed by atoms with Gasteiger partial charge in [-0.1, -0.05) is 0 Å². The first kappa shape index (κ1) is 14.0. The van der Waals surface area contributed by atoms with Crippen molar-refractivity contribution >= 4 is 17.5 Å². The second-order valence-corrected chi connectivity index (χ2v) is 5.27. The molecule has 0 aromatic heterocycles. The molecule has 0 atom stereocenters. The highest BCUT2D eigenvalue weighted by atomic mass is 16.7. The smallest absolute Gasteiger partial charge is 0.253 e. The van der Waals surface area contributed by atoms with Crippen LogP contribution in [0.3, 0.4) is 0 Å². The number of ether oxygens (including phenoxy) is 2. The van der Waals surface area contributed by atoms with Gasteiger partial charge in [-0.3, -0.25) is 9.59 Å². The molecule has 0 saturated heterocycles. The molecule has 1 aliphatic rings. The summed E-state index contributed by atoms with van der Waals surface area (Å²) >= 11 is 0. The standard InChI is InChI=1S/C13H17N3O4/c1-13(2,5-11(15)17)16-12(18)7-3-9-10(4-8(7)14)20-6-19-9/h3-4H,5-6,14H2,1-2H3,(H2,15,17)(H,16,18). The van der Waals surface area contributed by atoms with Crippen molar-refractivity contribution in [2.75, 3.05) is 12.5 Å². The first-order chi connectivity index (χ1) is 9.28. The van der Waals surface area contributed by atoms with Crippen molar-refractivity contribution in [1.82, 2.24) is 5.32 Å². The van der Waals surface area contributed by atoms with Crippen LogP contribution < -0.4 is 26.3 Å². The summed E-state index contributed by atoms with van der Waals surface area (Å²) in [5, 5.41) is 2.72. The van der Waals surface area contributed by atoms with Crippen molar-refractivity contribution in [2.45, 2.75) is 25.8 Å². The minimum Gasteiger partial charge on any atom is -0.454 e. The van der Waals surface area contributed by atoms with Crippen molar-refractivity contribution in [1.29, 1.82) is 0 Å². The Bertz CT molecular complexity index is 569. The van der Waals surface area contributed by atoms with Crippen LogP contribution in [0.15, 0.2) is 12.1 Å². The van der Waals surface area contributed by atoms with Crippen LogP contribution in [0.2, 0.25) is 0 Å². The first-order valence-corrected chi connectivity index (χ1v) is 6.08. The number of carbonyl (C=O) groups is 2. The minimum atomic E-state index is -0.758. The Morgan fingerprint density at radius 2 is 1.90 bits per heavy atom. The first-order valence-electron chi connectivity index (χ1n) is 6.08. The fourth-order valence-electron chi connectivity index (χ4n) is 2.01. The summed E-state index contributed by atoms with van der Waals surface area (Å²) in [6.45, 7) is 3.52. The fourth-order valence-corrected chi connectivity index (χ4v) is 2.01.